The summed E-state index contributed by atoms with van der Waals surface area (Å²) in [5.74, 6) is -0.661. The van der Waals surface area contributed by atoms with Crippen molar-refractivity contribution in [1.29, 1.82) is 0 Å². The molecule has 0 atom stereocenters. The van der Waals surface area contributed by atoms with Crippen molar-refractivity contribution in [1.82, 2.24) is 5.32 Å². The number of nitrogens with one attached hydrogen (secondary N) is 1. The summed E-state index contributed by atoms with van der Waals surface area (Å²) in [5.41, 5.74) is -0.436. The second kappa shape index (κ2) is 6.10. The van der Waals surface area contributed by atoms with Gasteiger partial charge in [-0.25, -0.2) is 4.39 Å². The van der Waals surface area contributed by atoms with Crippen LogP contribution in [0.5, 0.6) is 0 Å². The van der Waals surface area contributed by atoms with Gasteiger partial charge in [-0.15, -0.1) is 11.6 Å². The highest BCUT2D eigenvalue weighted by atomic mass is 35.5. The van der Waals surface area contributed by atoms with Gasteiger partial charge < -0.3 is 5.32 Å². The Labute approximate surface area is 122 Å². The lowest BCUT2D eigenvalue weighted by Crippen LogP contribution is -2.51. The van der Waals surface area contributed by atoms with Crippen LogP contribution in [0.15, 0.2) is 18.2 Å². The van der Waals surface area contributed by atoms with E-state index in [1.807, 2.05) is 0 Å². The number of halogens is 3. The van der Waals surface area contributed by atoms with Crippen LogP contribution in [0.2, 0.25) is 5.02 Å². The Morgan fingerprint density at radius 1 is 1.32 bits per heavy atom. The minimum atomic E-state index is -0.567. The summed E-state index contributed by atoms with van der Waals surface area (Å²) in [6.07, 6.45) is 4.89. The highest BCUT2D eigenvalue weighted by Crippen LogP contribution is 2.30. The molecule has 19 heavy (non-hydrogen) atoms. The van der Waals surface area contributed by atoms with Crippen molar-refractivity contribution in [2.75, 3.05) is 5.88 Å². The van der Waals surface area contributed by atoms with E-state index in [-0.39, 0.29) is 5.56 Å². The van der Waals surface area contributed by atoms with Crippen molar-refractivity contribution in [3.8, 4) is 0 Å². The average molecular weight is 304 g/mol. The molecule has 104 valence electrons. The summed E-state index contributed by atoms with van der Waals surface area (Å²) in [4.78, 5) is 12.2. The SMILES string of the molecule is O=C(NC1(CCl)CCCCC1)c1cc(Cl)ccc1F. The first-order chi connectivity index (χ1) is 9.06. The van der Waals surface area contributed by atoms with Crippen LogP contribution in [0.1, 0.15) is 42.5 Å². The zero-order valence-electron chi connectivity index (χ0n) is 10.5. The van der Waals surface area contributed by atoms with Crippen molar-refractivity contribution < 1.29 is 9.18 Å². The van der Waals surface area contributed by atoms with Gasteiger partial charge in [0.1, 0.15) is 5.82 Å². The molecule has 0 bridgehead atoms. The molecule has 0 saturated heterocycles. The molecule has 2 rings (SSSR count). The standard InChI is InChI=1S/C14H16Cl2FNO/c15-9-14(6-2-1-3-7-14)18-13(19)11-8-10(16)4-5-12(11)17/h4-5,8H,1-3,6-7,9H2,(H,18,19). The quantitative estimate of drug-likeness (QED) is 0.835. The molecule has 0 unspecified atom stereocenters. The van der Waals surface area contributed by atoms with E-state index in [0.29, 0.717) is 10.9 Å². The Kier molecular flexibility index (Phi) is 4.69. The Morgan fingerprint density at radius 3 is 2.63 bits per heavy atom. The van der Waals surface area contributed by atoms with E-state index in [4.69, 9.17) is 23.2 Å². The van der Waals surface area contributed by atoms with Gasteiger partial charge in [0.2, 0.25) is 0 Å². The maximum atomic E-state index is 13.7. The highest BCUT2D eigenvalue weighted by molar-refractivity contribution is 6.31. The van der Waals surface area contributed by atoms with Crippen LogP contribution in [0.25, 0.3) is 0 Å². The van der Waals surface area contributed by atoms with E-state index in [1.54, 1.807) is 0 Å². The van der Waals surface area contributed by atoms with Crippen molar-refractivity contribution in [2.24, 2.45) is 0 Å². The normalized spacial score (nSPS) is 18.1. The van der Waals surface area contributed by atoms with Crippen molar-refractivity contribution in [2.45, 2.75) is 37.6 Å². The number of hydrogen-bond donors (Lipinski definition) is 1. The molecular weight excluding hydrogens is 288 g/mol. The zero-order valence-corrected chi connectivity index (χ0v) is 12.0. The molecule has 1 aromatic carbocycles. The number of benzene rings is 1. The Morgan fingerprint density at radius 2 is 2.00 bits per heavy atom. The molecule has 1 saturated carbocycles. The summed E-state index contributed by atoms with van der Waals surface area (Å²) in [6.45, 7) is 0. The van der Waals surface area contributed by atoms with Gasteiger partial charge in [0.15, 0.2) is 0 Å². The first-order valence-electron chi connectivity index (χ1n) is 6.40. The summed E-state index contributed by atoms with van der Waals surface area (Å²) in [7, 11) is 0. The largest absolute Gasteiger partial charge is 0.345 e. The van der Waals surface area contributed by atoms with E-state index in [0.717, 1.165) is 32.1 Å². The molecule has 0 aliphatic heterocycles. The summed E-state index contributed by atoms with van der Waals surface area (Å²) < 4.78 is 13.7. The van der Waals surface area contributed by atoms with Gasteiger partial charge in [0, 0.05) is 10.9 Å². The molecule has 5 heteroatoms. The van der Waals surface area contributed by atoms with Crippen molar-refractivity contribution in [3.05, 3.63) is 34.6 Å². The average Bonchev–Trinajstić information content (AvgIpc) is 2.42. The number of hydrogen-bond acceptors (Lipinski definition) is 1. The van der Waals surface area contributed by atoms with Crippen LogP contribution in [-0.4, -0.2) is 17.3 Å². The molecule has 1 aliphatic rings. The molecule has 1 N–H and O–H groups in total. The van der Waals surface area contributed by atoms with Gasteiger partial charge in [-0.05, 0) is 31.0 Å². The molecule has 2 nitrogen and oxygen atoms in total. The van der Waals surface area contributed by atoms with Crippen LogP contribution in [0.3, 0.4) is 0 Å². The van der Waals surface area contributed by atoms with E-state index < -0.39 is 17.3 Å². The van der Waals surface area contributed by atoms with Crippen LogP contribution < -0.4 is 5.32 Å². The van der Waals surface area contributed by atoms with Crippen molar-refractivity contribution in [3.63, 3.8) is 0 Å². The fourth-order valence-electron chi connectivity index (χ4n) is 2.50. The Hall–Kier alpha value is -0.800. The fraction of sp³-hybridized carbons (Fsp3) is 0.500. The number of alkyl halides is 1. The lowest BCUT2D eigenvalue weighted by molar-refractivity contribution is 0.0880. The smallest absolute Gasteiger partial charge is 0.254 e. The van der Waals surface area contributed by atoms with E-state index in [2.05, 4.69) is 5.32 Å². The summed E-state index contributed by atoms with van der Waals surface area (Å²) >= 11 is 11.8. The third-order valence-corrected chi connectivity index (χ3v) is 4.36. The zero-order chi connectivity index (χ0) is 13.9. The maximum Gasteiger partial charge on any atom is 0.254 e. The third-order valence-electron chi connectivity index (χ3n) is 3.62. The van der Waals surface area contributed by atoms with Gasteiger partial charge in [0.05, 0.1) is 11.1 Å². The van der Waals surface area contributed by atoms with Gasteiger partial charge in [0.25, 0.3) is 5.91 Å². The van der Waals surface area contributed by atoms with Crippen LogP contribution >= 0.6 is 23.2 Å². The molecule has 1 fully saturated rings. The van der Waals surface area contributed by atoms with Gasteiger partial charge >= 0.3 is 0 Å². The molecular formula is C14H16Cl2FNO. The Balaban J connectivity index is 2.17. The minimum Gasteiger partial charge on any atom is -0.345 e. The lowest BCUT2D eigenvalue weighted by atomic mass is 9.83. The lowest BCUT2D eigenvalue weighted by Gasteiger charge is -2.36. The van der Waals surface area contributed by atoms with Gasteiger partial charge in [-0.2, -0.15) is 0 Å². The fourth-order valence-corrected chi connectivity index (χ4v) is 3.01. The second-order valence-corrected chi connectivity index (χ2v) is 5.76. The molecule has 0 heterocycles. The molecule has 0 radical (unpaired) electrons. The minimum absolute atomic E-state index is 0.0254. The predicted molar refractivity (Wildman–Crippen MR) is 75.4 cm³/mol. The topological polar surface area (TPSA) is 29.1 Å². The predicted octanol–water partition coefficient (Wildman–Crippen LogP) is 4.15. The first kappa shape index (κ1) is 14.6. The van der Waals surface area contributed by atoms with Crippen LogP contribution in [-0.2, 0) is 0 Å². The first-order valence-corrected chi connectivity index (χ1v) is 7.31. The monoisotopic (exact) mass is 303 g/mol. The summed E-state index contributed by atoms with van der Waals surface area (Å²) in [6, 6.07) is 3.97. The molecule has 0 spiro atoms. The maximum absolute atomic E-state index is 13.7. The number of amides is 1. The molecule has 0 aromatic heterocycles. The van der Waals surface area contributed by atoms with E-state index >= 15 is 0 Å². The van der Waals surface area contributed by atoms with Crippen LogP contribution in [0, 0.1) is 5.82 Å². The highest BCUT2D eigenvalue weighted by Gasteiger charge is 2.33. The molecule has 1 aliphatic carbocycles. The van der Waals surface area contributed by atoms with E-state index in [9.17, 15) is 9.18 Å². The van der Waals surface area contributed by atoms with Gasteiger partial charge in [-0.3, -0.25) is 4.79 Å². The summed E-state index contributed by atoms with van der Waals surface area (Å²) in [5, 5.41) is 3.24. The third kappa shape index (κ3) is 3.40. The number of carbonyl (C=O) groups excluding carboxylic acids is 1. The van der Waals surface area contributed by atoms with Crippen molar-refractivity contribution >= 4 is 29.1 Å². The van der Waals surface area contributed by atoms with Gasteiger partial charge in [-0.1, -0.05) is 30.9 Å². The molecule has 1 aromatic rings. The van der Waals surface area contributed by atoms with E-state index in [1.165, 1.54) is 18.2 Å². The number of carbonyl (C=O) groups is 1. The number of rotatable bonds is 3. The van der Waals surface area contributed by atoms with Crippen LogP contribution in [0.4, 0.5) is 4.39 Å². The second-order valence-electron chi connectivity index (χ2n) is 5.05. The Bertz CT molecular complexity index is 473. The molecule has 1 amide bonds.